The molecule has 3 nitrogen and oxygen atoms in total. The van der Waals surface area contributed by atoms with Gasteiger partial charge in [-0.05, 0) is 50.8 Å². The van der Waals surface area contributed by atoms with Crippen LogP contribution in [0.3, 0.4) is 0 Å². The van der Waals surface area contributed by atoms with Crippen LogP contribution in [0.2, 0.25) is 0 Å². The van der Waals surface area contributed by atoms with Gasteiger partial charge in [0.1, 0.15) is 0 Å². The van der Waals surface area contributed by atoms with Crippen molar-refractivity contribution in [1.29, 1.82) is 0 Å². The molecule has 0 aromatic heterocycles. The van der Waals surface area contributed by atoms with Gasteiger partial charge in [-0.2, -0.15) is 0 Å². The molecule has 18 heavy (non-hydrogen) atoms. The molecular weight excluding hydrogens is 224 g/mol. The summed E-state index contributed by atoms with van der Waals surface area (Å²) in [7, 11) is 2.01. The Bertz CT molecular complexity index is 399. The second-order valence-corrected chi connectivity index (χ2v) is 5.72. The predicted octanol–water partition coefficient (Wildman–Crippen LogP) is 1.92. The molecule has 1 heterocycles. The zero-order chi connectivity index (χ0) is 12.6. The van der Waals surface area contributed by atoms with Crippen LogP contribution in [-0.4, -0.2) is 29.8 Å². The van der Waals surface area contributed by atoms with Gasteiger partial charge < -0.3 is 15.7 Å². The van der Waals surface area contributed by atoms with Crippen LogP contribution in [-0.2, 0) is 6.42 Å². The molecule has 2 aliphatic rings. The lowest BCUT2D eigenvalue weighted by atomic mass is 9.76. The molecule has 3 rings (SSSR count). The fraction of sp³-hybridized carbons (Fsp3) is 0.600. The standard InChI is InChI=1S/C15H22N2O/c1-16-12-6-8-15(18,9-7-12)14-10-11-4-2-3-5-13(11)17-14/h2-5,12,14,16-18H,6-10H2,1H3. The van der Waals surface area contributed by atoms with E-state index in [0.717, 1.165) is 32.1 Å². The number of nitrogens with one attached hydrogen (secondary N) is 2. The number of anilines is 1. The smallest absolute Gasteiger partial charge is 0.0852 e. The van der Waals surface area contributed by atoms with E-state index in [2.05, 4.69) is 34.9 Å². The second-order valence-electron chi connectivity index (χ2n) is 5.72. The number of benzene rings is 1. The van der Waals surface area contributed by atoms with Crippen molar-refractivity contribution in [3.8, 4) is 0 Å². The molecule has 1 saturated carbocycles. The molecule has 1 unspecified atom stereocenters. The molecule has 0 saturated heterocycles. The average molecular weight is 246 g/mol. The van der Waals surface area contributed by atoms with Gasteiger partial charge in [0.15, 0.2) is 0 Å². The molecule has 98 valence electrons. The summed E-state index contributed by atoms with van der Waals surface area (Å²) in [6.07, 6.45) is 4.88. The van der Waals surface area contributed by atoms with E-state index in [1.54, 1.807) is 0 Å². The molecule has 3 heteroatoms. The summed E-state index contributed by atoms with van der Waals surface area (Å²) < 4.78 is 0. The van der Waals surface area contributed by atoms with E-state index in [4.69, 9.17) is 0 Å². The molecule has 0 spiro atoms. The third kappa shape index (κ3) is 2.02. The Kier molecular flexibility index (Phi) is 3.04. The van der Waals surface area contributed by atoms with Crippen molar-refractivity contribution < 1.29 is 5.11 Å². The van der Waals surface area contributed by atoms with Crippen LogP contribution in [0, 0.1) is 0 Å². The average Bonchev–Trinajstić information content (AvgIpc) is 2.84. The van der Waals surface area contributed by atoms with Gasteiger partial charge >= 0.3 is 0 Å². The van der Waals surface area contributed by atoms with Gasteiger partial charge in [0, 0.05) is 11.7 Å². The first-order valence-corrected chi connectivity index (χ1v) is 6.95. The maximum Gasteiger partial charge on any atom is 0.0852 e. The first-order chi connectivity index (χ1) is 8.71. The van der Waals surface area contributed by atoms with Gasteiger partial charge in [0.05, 0.1) is 11.6 Å². The third-order valence-corrected chi connectivity index (χ3v) is 4.68. The van der Waals surface area contributed by atoms with Crippen molar-refractivity contribution >= 4 is 5.69 Å². The van der Waals surface area contributed by atoms with Crippen LogP contribution in [0.4, 0.5) is 5.69 Å². The van der Waals surface area contributed by atoms with Crippen LogP contribution in [0.15, 0.2) is 24.3 Å². The third-order valence-electron chi connectivity index (χ3n) is 4.68. The maximum atomic E-state index is 10.9. The van der Waals surface area contributed by atoms with Crippen LogP contribution in [0.1, 0.15) is 31.2 Å². The van der Waals surface area contributed by atoms with Gasteiger partial charge in [-0.25, -0.2) is 0 Å². The molecule has 1 aliphatic carbocycles. The Balaban J connectivity index is 1.70. The van der Waals surface area contributed by atoms with E-state index >= 15 is 0 Å². The van der Waals surface area contributed by atoms with Crippen LogP contribution < -0.4 is 10.6 Å². The quantitative estimate of drug-likeness (QED) is 0.747. The minimum Gasteiger partial charge on any atom is -0.388 e. The molecule has 1 fully saturated rings. The highest BCUT2D eigenvalue weighted by molar-refractivity contribution is 5.57. The van der Waals surface area contributed by atoms with E-state index in [1.807, 2.05) is 7.05 Å². The molecule has 1 atom stereocenters. The number of rotatable bonds is 2. The van der Waals surface area contributed by atoms with Gasteiger partial charge in [-0.3, -0.25) is 0 Å². The molecular formula is C15H22N2O. The molecule has 0 amide bonds. The first kappa shape index (κ1) is 12.0. The van der Waals surface area contributed by atoms with Crippen molar-refractivity contribution in [2.24, 2.45) is 0 Å². The summed E-state index contributed by atoms with van der Waals surface area (Å²) in [4.78, 5) is 0. The highest BCUT2D eigenvalue weighted by Crippen LogP contribution is 2.38. The highest BCUT2D eigenvalue weighted by atomic mass is 16.3. The molecule has 3 N–H and O–H groups in total. The van der Waals surface area contributed by atoms with Gasteiger partial charge in [0.2, 0.25) is 0 Å². The van der Waals surface area contributed by atoms with Crippen LogP contribution in [0.25, 0.3) is 0 Å². The van der Waals surface area contributed by atoms with Crippen molar-refractivity contribution in [2.75, 3.05) is 12.4 Å². The van der Waals surface area contributed by atoms with Gasteiger partial charge in [-0.1, -0.05) is 18.2 Å². The molecule has 1 aliphatic heterocycles. The summed E-state index contributed by atoms with van der Waals surface area (Å²) >= 11 is 0. The summed E-state index contributed by atoms with van der Waals surface area (Å²) in [5.74, 6) is 0. The summed E-state index contributed by atoms with van der Waals surface area (Å²) in [5, 5.41) is 17.7. The Morgan fingerprint density at radius 1 is 1.28 bits per heavy atom. The Labute approximate surface area is 109 Å². The lowest BCUT2D eigenvalue weighted by molar-refractivity contribution is -0.0179. The van der Waals surface area contributed by atoms with E-state index in [1.165, 1.54) is 11.3 Å². The van der Waals surface area contributed by atoms with Crippen molar-refractivity contribution in [1.82, 2.24) is 5.32 Å². The Hall–Kier alpha value is -1.06. The Morgan fingerprint density at radius 2 is 2.00 bits per heavy atom. The summed E-state index contributed by atoms with van der Waals surface area (Å²) in [6, 6.07) is 9.16. The number of fused-ring (bicyclic) bond motifs is 1. The number of hydrogen-bond donors (Lipinski definition) is 3. The molecule has 0 bridgehead atoms. The Morgan fingerprint density at radius 3 is 2.67 bits per heavy atom. The van der Waals surface area contributed by atoms with Crippen molar-refractivity contribution in [3.63, 3.8) is 0 Å². The SMILES string of the molecule is CNC1CCC(O)(C2Cc3ccccc3N2)CC1. The normalized spacial score (nSPS) is 35.0. The van der Waals surface area contributed by atoms with Gasteiger partial charge in [-0.15, -0.1) is 0 Å². The fourth-order valence-corrected chi connectivity index (χ4v) is 3.38. The highest BCUT2D eigenvalue weighted by Gasteiger charge is 2.42. The minimum atomic E-state index is -0.535. The van der Waals surface area contributed by atoms with E-state index in [-0.39, 0.29) is 6.04 Å². The predicted molar refractivity (Wildman–Crippen MR) is 73.8 cm³/mol. The summed E-state index contributed by atoms with van der Waals surface area (Å²) in [6.45, 7) is 0. The lowest BCUT2D eigenvalue weighted by Gasteiger charge is -2.40. The van der Waals surface area contributed by atoms with E-state index in [9.17, 15) is 5.11 Å². The zero-order valence-corrected chi connectivity index (χ0v) is 10.9. The zero-order valence-electron chi connectivity index (χ0n) is 10.9. The largest absolute Gasteiger partial charge is 0.388 e. The number of hydrogen-bond acceptors (Lipinski definition) is 3. The topological polar surface area (TPSA) is 44.3 Å². The fourth-order valence-electron chi connectivity index (χ4n) is 3.38. The van der Waals surface area contributed by atoms with Crippen molar-refractivity contribution in [2.45, 2.75) is 49.8 Å². The van der Waals surface area contributed by atoms with Crippen molar-refractivity contribution in [3.05, 3.63) is 29.8 Å². The number of para-hydroxylation sites is 1. The second kappa shape index (κ2) is 4.56. The van der Waals surface area contributed by atoms with Crippen LogP contribution >= 0.6 is 0 Å². The summed E-state index contributed by atoms with van der Waals surface area (Å²) in [5.41, 5.74) is 2.00. The van der Waals surface area contributed by atoms with Gasteiger partial charge in [0.25, 0.3) is 0 Å². The molecule has 0 radical (unpaired) electrons. The minimum absolute atomic E-state index is 0.188. The maximum absolute atomic E-state index is 10.9. The number of aliphatic hydroxyl groups is 1. The monoisotopic (exact) mass is 246 g/mol. The lowest BCUT2D eigenvalue weighted by Crippen LogP contribution is -2.50. The van der Waals surface area contributed by atoms with E-state index < -0.39 is 5.60 Å². The first-order valence-electron chi connectivity index (χ1n) is 6.95. The van der Waals surface area contributed by atoms with Crippen LogP contribution in [0.5, 0.6) is 0 Å². The molecule has 1 aromatic rings. The van der Waals surface area contributed by atoms with E-state index in [0.29, 0.717) is 6.04 Å². The molecule has 1 aromatic carbocycles.